The third-order valence-corrected chi connectivity index (χ3v) is 5.24. The summed E-state index contributed by atoms with van der Waals surface area (Å²) in [5.74, 6) is 0.514. The molecule has 0 saturated heterocycles. The Morgan fingerprint density at radius 1 is 1.43 bits per heavy atom. The molecule has 21 heavy (non-hydrogen) atoms. The number of aryl methyl sites for hydroxylation is 1. The molecule has 0 spiro atoms. The highest BCUT2D eigenvalue weighted by molar-refractivity contribution is 7.89. The van der Waals surface area contributed by atoms with Gasteiger partial charge < -0.3 is 5.32 Å². The Bertz CT molecular complexity index is 541. The Kier molecular flexibility index (Phi) is 5.78. The van der Waals surface area contributed by atoms with E-state index < -0.39 is 10.0 Å². The monoisotopic (exact) mass is 314 g/mol. The Balaban J connectivity index is 1.85. The minimum atomic E-state index is -3.41. The van der Waals surface area contributed by atoms with Crippen molar-refractivity contribution in [3.8, 4) is 0 Å². The van der Waals surface area contributed by atoms with E-state index in [0.29, 0.717) is 5.92 Å². The summed E-state index contributed by atoms with van der Waals surface area (Å²) in [6.07, 6.45) is 7.15. The van der Waals surface area contributed by atoms with Crippen LogP contribution in [0.2, 0.25) is 0 Å². The van der Waals surface area contributed by atoms with Crippen LogP contribution in [-0.2, 0) is 16.6 Å². The van der Waals surface area contributed by atoms with Crippen molar-refractivity contribution >= 4 is 10.0 Å². The summed E-state index contributed by atoms with van der Waals surface area (Å²) in [4.78, 5) is 0.271. The van der Waals surface area contributed by atoms with Crippen LogP contribution in [0.3, 0.4) is 0 Å². The van der Waals surface area contributed by atoms with Gasteiger partial charge in [0.05, 0.1) is 6.20 Å². The Hall–Kier alpha value is -0.920. The molecule has 120 valence electrons. The molecule has 2 atom stereocenters. The molecular formula is C14H26N4O2S. The fourth-order valence-corrected chi connectivity index (χ4v) is 3.77. The normalized spacial score (nSPS) is 21.6. The largest absolute Gasteiger partial charge is 0.317 e. The third kappa shape index (κ3) is 4.79. The molecule has 1 aliphatic carbocycles. The Labute approximate surface area is 127 Å². The smallest absolute Gasteiger partial charge is 0.243 e. The summed E-state index contributed by atoms with van der Waals surface area (Å²) >= 11 is 0. The second-order valence-corrected chi connectivity index (χ2v) is 7.37. The van der Waals surface area contributed by atoms with Crippen LogP contribution in [-0.4, -0.2) is 37.3 Å². The molecule has 1 aromatic rings. The molecule has 1 aromatic heterocycles. The highest BCUT2D eigenvalue weighted by Gasteiger charge is 2.39. The Morgan fingerprint density at radius 2 is 2.24 bits per heavy atom. The van der Waals surface area contributed by atoms with Crippen LogP contribution >= 0.6 is 0 Å². The first-order valence-electron chi connectivity index (χ1n) is 7.82. The van der Waals surface area contributed by atoms with Crippen LogP contribution in [0.25, 0.3) is 0 Å². The van der Waals surface area contributed by atoms with Crippen molar-refractivity contribution in [2.45, 2.75) is 57.0 Å². The summed E-state index contributed by atoms with van der Waals surface area (Å²) in [5.41, 5.74) is 0. The molecule has 2 rings (SSSR count). The zero-order chi connectivity index (χ0) is 15.3. The van der Waals surface area contributed by atoms with Gasteiger partial charge in [0.1, 0.15) is 4.90 Å². The highest BCUT2D eigenvalue weighted by atomic mass is 32.2. The number of nitrogens with zero attached hydrogens (tertiary/aromatic N) is 2. The van der Waals surface area contributed by atoms with Gasteiger partial charge in [-0.25, -0.2) is 13.1 Å². The zero-order valence-corrected chi connectivity index (χ0v) is 13.7. The van der Waals surface area contributed by atoms with E-state index >= 15 is 0 Å². The summed E-state index contributed by atoms with van der Waals surface area (Å²) in [5, 5.41) is 7.37. The molecule has 2 N–H and O–H groups in total. The average molecular weight is 314 g/mol. The predicted octanol–water partition coefficient (Wildman–Crippen LogP) is 1.35. The topological polar surface area (TPSA) is 76.0 Å². The molecule has 0 radical (unpaired) electrons. The van der Waals surface area contributed by atoms with E-state index in [1.807, 2.05) is 0 Å². The minimum Gasteiger partial charge on any atom is -0.317 e. The van der Waals surface area contributed by atoms with Gasteiger partial charge in [0.2, 0.25) is 10.0 Å². The van der Waals surface area contributed by atoms with E-state index in [2.05, 4.69) is 29.0 Å². The zero-order valence-electron chi connectivity index (χ0n) is 12.9. The lowest BCUT2D eigenvalue weighted by Crippen LogP contribution is -2.26. The van der Waals surface area contributed by atoms with E-state index in [1.54, 1.807) is 10.9 Å². The van der Waals surface area contributed by atoms with Crippen LogP contribution in [0.15, 0.2) is 17.3 Å². The maximum absolute atomic E-state index is 12.2. The van der Waals surface area contributed by atoms with Gasteiger partial charge in [-0.2, -0.15) is 5.10 Å². The van der Waals surface area contributed by atoms with Crippen molar-refractivity contribution in [2.24, 2.45) is 5.92 Å². The molecule has 2 unspecified atom stereocenters. The molecule has 0 aliphatic heterocycles. The number of aromatic nitrogens is 2. The van der Waals surface area contributed by atoms with Crippen LogP contribution in [0.4, 0.5) is 0 Å². The van der Waals surface area contributed by atoms with E-state index in [4.69, 9.17) is 0 Å². The van der Waals surface area contributed by atoms with Gasteiger partial charge in [0, 0.05) is 18.8 Å². The van der Waals surface area contributed by atoms with Crippen LogP contribution in [0.5, 0.6) is 0 Å². The molecule has 6 nitrogen and oxygen atoms in total. The van der Waals surface area contributed by atoms with Crippen LogP contribution in [0, 0.1) is 5.92 Å². The van der Waals surface area contributed by atoms with Gasteiger partial charge in [-0.15, -0.1) is 0 Å². The number of nitrogens with one attached hydrogen (secondary N) is 2. The van der Waals surface area contributed by atoms with Crippen molar-refractivity contribution in [3.63, 3.8) is 0 Å². The maximum Gasteiger partial charge on any atom is 0.243 e. The molecule has 0 bridgehead atoms. The first kappa shape index (κ1) is 16.5. The number of rotatable bonds is 10. The fourth-order valence-electron chi connectivity index (χ4n) is 2.50. The molecule has 1 fully saturated rings. The van der Waals surface area contributed by atoms with Gasteiger partial charge >= 0.3 is 0 Å². The van der Waals surface area contributed by atoms with Gasteiger partial charge in [-0.1, -0.05) is 20.3 Å². The highest BCUT2D eigenvalue weighted by Crippen LogP contribution is 2.35. The van der Waals surface area contributed by atoms with Crippen molar-refractivity contribution in [1.29, 1.82) is 0 Å². The van der Waals surface area contributed by atoms with Crippen molar-refractivity contribution in [2.75, 3.05) is 13.1 Å². The lowest BCUT2D eigenvalue weighted by atomic mass is 10.2. The average Bonchev–Trinajstić information content (AvgIpc) is 2.98. The van der Waals surface area contributed by atoms with Gasteiger partial charge in [-0.05, 0) is 38.3 Å². The number of sulfonamides is 1. The van der Waals surface area contributed by atoms with Crippen molar-refractivity contribution < 1.29 is 8.42 Å². The van der Waals surface area contributed by atoms with Gasteiger partial charge in [-0.3, -0.25) is 4.68 Å². The molecule has 1 saturated carbocycles. The van der Waals surface area contributed by atoms with Crippen molar-refractivity contribution in [3.05, 3.63) is 12.4 Å². The van der Waals surface area contributed by atoms with Gasteiger partial charge in [0.15, 0.2) is 0 Å². The second-order valence-electron chi connectivity index (χ2n) is 5.66. The summed E-state index contributed by atoms with van der Waals surface area (Å²) in [6, 6.07) is 0.118. The molecular weight excluding hydrogens is 288 g/mol. The van der Waals surface area contributed by atoms with E-state index in [0.717, 1.165) is 45.3 Å². The quantitative estimate of drug-likeness (QED) is 0.639. The lowest BCUT2D eigenvalue weighted by Gasteiger charge is -2.04. The molecule has 1 aliphatic rings. The predicted molar refractivity (Wildman–Crippen MR) is 82.5 cm³/mol. The molecule has 7 heteroatoms. The summed E-state index contributed by atoms with van der Waals surface area (Å²) in [6.45, 7) is 6.78. The SMILES string of the molecule is CCCC1CC1NS(=O)(=O)c1cnn(CCCNCC)c1. The minimum absolute atomic E-state index is 0.118. The summed E-state index contributed by atoms with van der Waals surface area (Å²) < 4.78 is 29.0. The second kappa shape index (κ2) is 7.38. The Morgan fingerprint density at radius 3 is 2.95 bits per heavy atom. The van der Waals surface area contributed by atoms with E-state index in [-0.39, 0.29) is 10.9 Å². The number of hydrogen-bond acceptors (Lipinski definition) is 4. The lowest BCUT2D eigenvalue weighted by molar-refractivity contribution is 0.548. The van der Waals surface area contributed by atoms with Crippen LogP contribution < -0.4 is 10.0 Å². The van der Waals surface area contributed by atoms with Crippen LogP contribution in [0.1, 0.15) is 39.5 Å². The fraction of sp³-hybridized carbons (Fsp3) is 0.786. The molecule has 0 aromatic carbocycles. The molecule has 0 amide bonds. The first-order chi connectivity index (χ1) is 10.1. The first-order valence-corrected chi connectivity index (χ1v) is 9.30. The van der Waals surface area contributed by atoms with Crippen molar-refractivity contribution in [1.82, 2.24) is 19.8 Å². The maximum atomic E-state index is 12.2. The summed E-state index contributed by atoms with van der Waals surface area (Å²) in [7, 11) is -3.41. The van der Waals surface area contributed by atoms with Gasteiger partial charge in [0.25, 0.3) is 0 Å². The standard InChI is InChI=1S/C14H26N4O2S/c1-3-6-12-9-14(12)17-21(19,20)13-10-16-18(11-13)8-5-7-15-4-2/h10-12,14-15,17H,3-9H2,1-2H3. The van der Waals surface area contributed by atoms with E-state index in [9.17, 15) is 8.42 Å². The third-order valence-electron chi connectivity index (χ3n) is 3.80. The molecule has 1 heterocycles. The van der Waals surface area contributed by atoms with E-state index in [1.165, 1.54) is 6.20 Å². The number of hydrogen-bond donors (Lipinski definition) is 2.